The SMILES string of the molecule is C#CC(C)(C)NCC(O)COc1ccccc1C(=O)Nc1cccc2[nH]ccc12. The fourth-order valence-electron chi connectivity index (χ4n) is 2.83. The van der Waals surface area contributed by atoms with Crippen molar-refractivity contribution >= 4 is 22.5 Å². The van der Waals surface area contributed by atoms with E-state index in [9.17, 15) is 9.90 Å². The molecule has 6 heteroatoms. The van der Waals surface area contributed by atoms with Gasteiger partial charge in [-0.1, -0.05) is 24.1 Å². The number of amides is 1. The fraction of sp³-hybridized carbons (Fsp3) is 0.261. The minimum absolute atomic E-state index is 0.0331. The monoisotopic (exact) mass is 391 g/mol. The summed E-state index contributed by atoms with van der Waals surface area (Å²) >= 11 is 0. The van der Waals surface area contributed by atoms with Gasteiger partial charge in [0.15, 0.2) is 0 Å². The lowest BCUT2D eigenvalue weighted by Crippen LogP contribution is -2.43. The van der Waals surface area contributed by atoms with Crippen molar-refractivity contribution in [1.29, 1.82) is 0 Å². The Morgan fingerprint density at radius 2 is 2.03 bits per heavy atom. The topological polar surface area (TPSA) is 86.4 Å². The van der Waals surface area contributed by atoms with E-state index in [1.165, 1.54) is 0 Å². The van der Waals surface area contributed by atoms with E-state index < -0.39 is 11.6 Å². The van der Waals surface area contributed by atoms with Crippen LogP contribution in [-0.4, -0.2) is 40.8 Å². The van der Waals surface area contributed by atoms with Gasteiger partial charge in [-0.15, -0.1) is 6.42 Å². The molecule has 0 aliphatic carbocycles. The van der Waals surface area contributed by atoms with Crippen molar-refractivity contribution in [2.24, 2.45) is 0 Å². The molecule has 0 saturated carbocycles. The van der Waals surface area contributed by atoms with Crippen LogP contribution in [0, 0.1) is 12.3 Å². The Labute approximate surface area is 170 Å². The fourth-order valence-corrected chi connectivity index (χ4v) is 2.83. The van der Waals surface area contributed by atoms with Crippen LogP contribution in [-0.2, 0) is 0 Å². The standard InChI is InChI=1S/C23H25N3O3/c1-4-23(2,3)25-14-16(27)15-29-21-11-6-5-8-18(21)22(28)26-20-10-7-9-19-17(20)12-13-24-19/h1,5-13,16,24-25,27H,14-15H2,2-3H3,(H,26,28). The highest BCUT2D eigenvalue weighted by atomic mass is 16.5. The molecule has 0 aliphatic rings. The average Bonchev–Trinajstić information content (AvgIpc) is 3.21. The number of carbonyl (C=O) groups is 1. The van der Waals surface area contributed by atoms with Crippen LogP contribution in [0.1, 0.15) is 24.2 Å². The van der Waals surface area contributed by atoms with Gasteiger partial charge in [0.1, 0.15) is 18.5 Å². The third-order valence-corrected chi connectivity index (χ3v) is 4.55. The highest BCUT2D eigenvalue weighted by Gasteiger charge is 2.17. The molecule has 0 fully saturated rings. The first-order chi connectivity index (χ1) is 13.9. The van der Waals surface area contributed by atoms with Crippen LogP contribution in [0.15, 0.2) is 54.7 Å². The minimum Gasteiger partial charge on any atom is -0.490 e. The molecule has 1 unspecified atom stereocenters. The largest absolute Gasteiger partial charge is 0.490 e. The molecule has 0 radical (unpaired) electrons. The lowest BCUT2D eigenvalue weighted by atomic mass is 10.1. The molecule has 1 aromatic heterocycles. The van der Waals surface area contributed by atoms with Crippen LogP contribution in [0.5, 0.6) is 5.75 Å². The number of hydrogen-bond donors (Lipinski definition) is 4. The second-order valence-corrected chi connectivity index (χ2v) is 7.31. The number of anilines is 1. The molecule has 0 aliphatic heterocycles. The number of benzene rings is 2. The number of nitrogens with one attached hydrogen (secondary N) is 3. The summed E-state index contributed by atoms with van der Waals surface area (Å²) in [4.78, 5) is 16.0. The first-order valence-corrected chi connectivity index (χ1v) is 9.40. The van der Waals surface area contributed by atoms with Crippen molar-refractivity contribution in [2.75, 3.05) is 18.5 Å². The maximum Gasteiger partial charge on any atom is 0.259 e. The number of fused-ring (bicyclic) bond motifs is 1. The predicted octanol–water partition coefficient (Wildman–Crippen LogP) is 3.16. The summed E-state index contributed by atoms with van der Waals surface area (Å²) < 4.78 is 5.72. The van der Waals surface area contributed by atoms with Gasteiger partial charge in [0.05, 0.1) is 16.8 Å². The molecule has 6 nitrogen and oxygen atoms in total. The van der Waals surface area contributed by atoms with Gasteiger partial charge < -0.3 is 20.1 Å². The molecule has 150 valence electrons. The number of rotatable bonds is 8. The summed E-state index contributed by atoms with van der Waals surface area (Å²) in [5, 5.41) is 17.1. The Balaban J connectivity index is 1.66. The van der Waals surface area contributed by atoms with Gasteiger partial charge in [0.2, 0.25) is 0 Å². The third kappa shape index (κ3) is 5.17. The molecular formula is C23H25N3O3. The number of aliphatic hydroxyl groups is 1. The lowest BCUT2D eigenvalue weighted by molar-refractivity contribution is 0.0964. The van der Waals surface area contributed by atoms with E-state index in [1.54, 1.807) is 24.3 Å². The summed E-state index contributed by atoms with van der Waals surface area (Å²) in [5.74, 6) is 2.73. The Kier molecular flexibility index (Phi) is 6.23. The van der Waals surface area contributed by atoms with Crippen molar-refractivity contribution < 1.29 is 14.6 Å². The smallest absolute Gasteiger partial charge is 0.259 e. The number of ether oxygens (including phenoxy) is 1. The number of aromatic nitrogens is 1. The number of β-amino-alcohol motifs (C(OH)–C–C–N with tert-alkyl or cyclic N) is 1. The summed E-state index contributed by atoms with van der Waals surface area (Å²) in [5.41, 5.74) is 1.53. The molecule has 0 spiro atoms. The first-order valence-electron chi connectivity index (χ1n) is 9.40. The zero-order valence-corrected chi connectivity index (χ0v) is 16.5. The number of para-hydroxylation sites is 1. The van der Waals surface area contributed by atoms with Crippen LogP contribution in [0.4, 0.5) is 5.69 Å². The van der Waals surface area contributed by atoms with Crippen molar-refractivity contribution in [3.8, 4) is 18.1 Å². The quantitative estimate of drug-likeness (QED) is 0.444. The third-order valence-electron chi connectivity index (χ3n) is 4.55. The molecule has 0 bridgehead atoms. The van der Waals surface area contributed by atoms with Crippen molar-refractivity contribution in [1.82, 2.24) is 10.3 Å². The summed E-state index contributed by atoms with van der Waals surface area (Å²) in [6, 6.07) is 14.5. The molecule has 1 atom stereocenters. The number of aliphatic hydroxyl groups excluding tert-OH is 1. The first kappa shape index (κ1) is 20.5. The second-order valence-electron chi connectivity index (χ2n) is 7.31. The van der Waals surface area contributed by atoms with Gasteiger partial charge >= 0.3 is 0 Å². The van der Waals surface area contributed by atoms with Crippen LogP contribution in [0.2, 0.25) is 0 Å². The Bertz CT molecular complexity index is 1030. The molecule has 3 rings (SSSR count). The van der Waals surface area contributed by atoms with Crippen LogP contribution in [0.25, 0.3) is 10.9 Å². The van der Waals surface area contributed by atoms with E-state index in [1.807, 2.05) is 44.3 Å². The van der Waals surface area contributed by atoms with E-state index in [2.05, 4.69) is 21.5 Å². The Morgan fingerprint density at radius 3 is 2.83 bits per heavy atom. The van der Waals surface area contributed by atoms with Gasteiger partial charge in [0, 0.05) is 23.6 Å². The number of carbonyl (C=O) groups excluding carboxylic acids is 1. The van der Waals surface area contributed by atoms with E-state index >= 15 is 0 Å². The molecule has 1 amide bonds. The molecule has 0 saturated heterocycles. The van der Waals surface area contributed by atoms with Gasteiger partial charge in [-0.25, -0.2) is 0 Å². The minimum atomic E-state index is -0.771. The predicted molar refractivity (Wildman–Crippen MR) is 115 cm³/mol. The normalized spacial score (nSPS) is 12.3. The highest BCUT2D eigenvalue weighted by molar-refractivity contribution is 6.10. The number of H-pyrrole nitrogens is 1. The molecule has 3 aromatic rings. The maximum atomic E-state index is 12.8. The van der Waals surface area contributed by atoms with Crippen molar-refractivity contribution in [2.45, 2.75) is 25.5 Å². The zero-order chi connectivity index (χ0) is 20.9. The van der Waals surface area contributed by atoms with Gasteiger partial charge in [-0.05, 0) is 44.2 Å². The van der Waals surface area contributed by atoms with Crippen LogP contribution in [0.3, 0.4) is 0 Å². The Hall–Kier alpha value is -3.27. The number of aromatic amines is 1. The zero-order valence-electron chi connectivity index (χ0n) is 16.5. The van der Waals surface area contributed by atoms with E-state index in [4.69, 9.17) is 11.2 Å². The summed E-state index contributed by atoms with van der Waals surface area (Å²) in [7, 11) is 0. The average molecular weight is 391 g/mol. The highest BCUT2D eigenvalue weighted by Crippen LogP contribution is 2.25. The maximum absolute atomic E-state index is 12.8. The molecule has 1 heterocycles. The number of hydrogen-bond acceptors (Lipinski definition) is 4. The molecule has 2 aromatic carbocycles. The summed E-state index contributed by atoms with van der Waals surface area (Å²) in [6.45, 7) is 4.02. The lowest BCUT2D eigenvalue weighted by Gasteiger charge is -2.22. The van der Waals surface area contributed by atoms with Gasteiger partial charge in [0.25, 0.3) is 5.91 Å². The van der Waals surface area contributed by atoms with E-state index in [-0.39, 0.29) is 19.1 Å². The van der Waals surface area contributed by atoms with Crippen molar-refractivity contribution in [3.05, 3.63) is 60.3 Å². The van der Waals surface area contributed by atoms with Gasteiger partial charge in [-0.2, -0.15) is 0 Å². The Morgan fingerprint density at radius 1 is 1.24 bits per heavy atom. The second kappa shape index (κ2) is 8.82. The van der Waals surface area contributed by atoms with Crippen LogP contribution >= 0.6 is 0 Å². The van der Waals surface area contributed by atoms with E-state index in [0.717, 1.165) is 10.9 Å². The number of terminal acetylenes is 1. The van der Waals surface area contributed by atoms with Gasteiger partial charge in [-0.3, -0.25) is 10.1 Å². The van der Waals surface area contributed by atoms with E-state index in [0.29, 0.717) is 17.0 Å². The molecular weight excluding hydrogens is 366 g/mol. The molecule has 4 N–H and O–H groups in total. The molecule has 29 heavy (non-hydrogen) atoms. The van der Waals surface area contributed by atoms with Crippen LogP contribution < -0.4 is 15.4 Å². The van der Waals surface area contributed by atoms with Crippen molar-refractivity contribution in [3.63, 3.8) is 0 Å². The summed E-state index contributed by atoms with van der Waals surface area (Å²) in [6.07, 6.45) is 6.49.